The van der Waals surface area contributed by atoms with Crippen molar-refractivity contribution >= 4 is 21.8 Å². The number of hydrogen-bond acceptors (Lipinski definition) is 2. The summed E-state index contributed by atoms with van der Waals surface area (Å²) in [4.78, 5) is 12.0. The van der Waals surface area contributed by atoms with E-state index in [1.165, 1.54) is 19.3 Å². The van der Waals surface area contributed by atoms with Crippen molar-refractivity contribution in [3.05, 3.63) is 34.3 Å². The summed E-state index contributed by atoms with van der Waals surface area (Å²) in [6.07, 6.45) is 5.29. The summed E-state index contributed by atoms with van der Waals surface area (Å²) in [5.74, 6) is 0.139. The first-order valence-corrected chi connectivity index (χ1v) is 8.23. The van der Waals surface area contributed by atoms with Gasteiger partial charge in [-0.15, -0.1) is 0 Å². The average Bonchev–Trinajstić information content (AvgIpc) is 2.46. The number of piperidine rings is 1. The van der Waals surface area contributed by atoms with E-state index in [9.17, 15) is 4.79 Å². The van der Waals surface area contributed by atoms with E-state index in [1.54, 1.807) is 0 Å². The minimum absolute atomic E-state index is 0.0393. The van der Waals surface area contributed by atoms with Gasteiger partial charge in [0, 0.05) is 16.9 Å². The zero-order chi connectivity index (χ0) is 14.4. The van der Waals surface area contributed by atoms with Crippen LogP contribution in [0.2, 0.25) is 0 Å². The molecule has 0 bridgehead atoms. The molecule has 1 aliphatic rings. The minimum Gasteiger partial charge on any atom is -0.350 e. The first kappa shape index (κ1) is 15.5. The van der Waals surface area contributed by atoms with Gasteiger partial charge in [0.05, 0.1) is 6.04 Å². The average molecular weight is 339 g/mol. The van der Waals surface area contributed by atoms with Crippen molar-refractivity contribution in [2.24, 2.45) is 0 Å². The van der Waals surface area contributed by atoms with Crippen molar-refractivity contribution in [1.82, 2.24) is 10.6 Å². The van der Waals surface area contributed by atoms with E-state index in [0.29, 0.717) is 12.5 Å². The Balaban J connectivity index is 1.77. The molecule has 2 N–H and O–H groups in total. The molecule has 0 aromatic heterocycles. The fourth-order valence-electron chi connectivity index (χ4n) is 2.69. The van der Waals surface area contributed by atoms with Gasteiger partial charge in [-0.1, -0.05) is 40.5 Å². The summed E-state index contributed by atoms with van der Waals surface area (Å²) < 4.78 is 1.04. The number of carbonyl (C=O) groups excluding carboxylic acids is 1. The Morgan fingerprint density at radius 2 is 2.25 bits per heavy atom. The van der Waals surface area contributed by atoms with Crippen LogP contribution in [0.4, 0.5) is 0 Å². The molecule has 0 aliphatic carbocycles. The summed E-state index contributed by atoms with van der Waals surface area (Å²) >= 11 is 3.53. The van der Waals surface area contributed by atoms with Gasteiger partial charge in [-0.2, -0.15) is 0 Å². The van der Waals surface area contributed by atoms with Gasteiger partial charge in [-0.05, 0) is 44.4 Å². The van der Waals surface area contributed by atoms with Crippen LogP contribution in [-0.2, 0) is 4.79 Å². The maximum absolute atomic E-state index is 12.0. The molecule has 0 radical (unpaired) electrons. The van der Waals surface area contributed by atoms with Crippen molar-refractivity contribution in [3.63, 3.8) is 0 Å². The smallest absolute Gasteiger partial charge is 0.220 e. The van der Waals surface area contributed by atoms with Crippen molar-refractivity contribution in [2.75, 3.05) is 6.54 Å². The third kappa shape index (κ3) is 4.60. The lowest BCUT2D eigenvalue weighted by molar-refractivity contribution is -0.122. The van der Waals surface area contributed by atoms with E-state index in [-0.39, 0.29) is 11.9 Å². The van der Waals surface area contributed by atoms with Gasteiger partial charge in [-0.3, -0.25) is 4.79 Å². The molecule has 1 amide bonds. The number of halogens is 1. The lowest BCUT2D eigenvalue weighted by atomic mass is 10.0. The normalized spacial score (nSPS) is 20.4. The van der Waals surface area contributed by atoms with E-state index >= 15 is 0 Å². The van der Waals surface area contributed by atoms with E-state index in [1.807, 2.05) is 31.2 Å². The Morgan fingerprint density at radius 3 is 2.95 bits per heavy atom. The molecule has 4 heteroatoms. The van der Waals surface area contributed by atoms with Crippen LogP contribution in [0.25, 0.3) is 0 Å². The first-order chi connectivity index (χ1) is 9.66. The van der Waals surface area contributed by atoms with Gasteiger partial charge in [0.1, 0.15) is 0 Å². The van der Waals surface area contributed by atoms with Crippen LogP contribution >= 0.6 is 15.9 Å². The molecule has 20 heavy (non-hydrogen) atoms. The monoisotopic (exact) mass is 338 g/mol. The Kier molecular flexibility index (Phi) is 6.05. The van der Waals surface area contributed by atoms with Crippen molar-refractivity contribution in [3.8, 4) is 0 Å². The Bertz CT molecular complexity index is 444. The second-order valence-corrected chi connectivity index (χ2v) is 6.35. The molecule has 110 valence electrons. The van der Waals surface area contributed by atoms with Crippen molar-refractivity contribution in [2.45, 2.75) is 51.1 Å². The van der Waals surface area contributed by atoms with Gasteiger partial charge in [0.15, 0.2) is 0 Å². The van der Waals surface area contributed by atoms with Gasteiger partial charge in [0.2, 0.25) is 5.91 Å². The number of hydrogen-bond donors (Lipinski definition) is 2. The predicted molar refractivity (Wildman–Crippen MR) is 85.6 cm³/mol. The van der Waals surface area contributed by atoms with Crippen molar-refractivity contribution in [1.29, 1.82) is 0 Å². The lowest BCUT2D eigenvalue weighted by Crippen LogP contribution is -2.35. The Morgan fingerprint density at radius 1 is 1.45 bits per heavy atom. The summed E-state index contributed by atoms with van der Waals surface area (Å²) in [5, 5.41) is 6.56. The fraction of sp³-hybridized carbons (Fsp3) is 0.562. The molecule has 2 rings (SSSR count). The lowest BCUT2D eigenvalue weighted by Gasteiger charge is -2.23. The maximum atomic E-state index is 12.0. The van der Waals surface area contributed by atoms with Gasteiger partial charge in [0.25, 0.3) is 0 Å². The largest absolute Gasteiger partial charge is 0.350 e. The molecule has 1 aliphatic heterocycles. The zero-order valence-corrected chi connectivity index (χ0v) is 13.6. The van der Waals surface area contributed by atoms with E-state index < -0.39 is 0 Å². The second kappa shape index (κ2) is 7.79. The molecule has 0 spiro atoms. The maximum Gasteiger partial charge on any atom is 0.220 e. The zero-order valence-electron chi connectivity index (χ0n) is 12.0. The van der Waals surface area contributed by atoms with Crippen molar-refractivity contribution < 1.29 is 4.79 Å². The second-order valence-electron chi connectivity index (χ2n) is 5.50. The third-order valence-corrected chi connectivity index (χ3v) is 4.60. The van der Waals surface area contributed by atoms with Crippen LogP contribution < -0.4 is 10.6 Å². The fourth-order valence-corrected chi connectivity index (χ4v) is 3.32. The molecule has 2 atom stereocenters. The number of benzene rings is 1. The standard InChI is InChI=1S/C16H23BrN2O/c1-12(14-7-2-3-8-15(14)17)19-16(20)10-9-13-6-4-5-11-18-13/h2-3,7-8,12-13,18H,4-6,9-11H2,1H3,(H,19,20)/t12-,13?/m1/s1. The molecule has 1 fully saturated rings. The molecule has 1 aromatic carbocycles. The molecule has 1 saturated heterocycles. The van der Waals surface area contributed by atoms with Gasteiger partial charge < -0.3 is 10.6 Å². The Hall–Kier alpha value is -0.870. The molecular formula is C16H23BrN2O. The minimum atomic E-state index is 0.0393. The predicted octanol–water partition coefficient (Wildman–Crippen LogP) is 3.55. The number of nitrogens with one attached hydrogen (secondary N) is 2. The van der Waals surface area contributed by atoms with Crippen LogP contribution in [0.5, 0.6) is 0 Å². The van der Waals surface area contributed by atoms with Crippen LogP contribution in [0.15, 0.2) is 28.7 Å². The first-order valence-electron chi connectivity index (χ1n) is 7.44. The Labute approximate surface area is 129 Å². The van der Waals surface area contributed by atoms with Gasteiger partial charge in [-0.25, -0.2) is 0 Å². The molecule has 0 saturated carbocycles. The van der Waals surface area contributed by atoms with E-state index in [4.69, 9.17) is 0 Å². The van der Waals surface area contributed by atoms with Gasteiger partial charge >= 0.3 is 0 Å². The van der Waals surface area contributed by atoms with E-state index in [2.05, 4.69) is 26.6 Å². The summed E-state index contributed by atoms with van der Waals surface area (Å²) in [6.45, 7) is 3.12. The number of carbonyl (C=O) groups is 1. The quantitative estimate of drug-likeness (QED) is 0.861. The SMILES string of the molecule is C[C@@H](NC(=O)CCC1CCCCN1)c1ccccc1Br. The highest BCUT2D eigenvalue weighted by Crippen LogP contribution is 2.22. The highest BCUT2D eigenvalue weighted by molar-refractivity contribution is 9.10. The van der Waals surface area contributed by atoms with Crippen LogP contribution in [0.1, 0.15) is 50.6 Å². The number of amides is 1. The highest BCUT2D eigenvalue weighted by atomic mass is 79.9. The van der Waals surface area contributed by atoms with Crippen LogP contribution in [0, 0.1) is 0 Å². The molecular weight excluding hydrogens is 316 g/mol. The summed E-state index contributed by atoms with van der Waals surface area (Å²) in [7, 11) is 0. The summed E-state index contributed by atoms with van der Waals surface area (Å²) in [6, 6.07) is 8.58. The topological polar surface area (TPSA) is 41.1 Å². The molecule has 1 aromatic rings. The highest BCUT2D eigenvalue weighted by Gasteiger charge is 2.16. The number of rotatable bonds is 5. The molecule has 3 nitrogen and oxygen atoms in total. The molecule has 1 heterocycles. The summed E-state index contributed by atoms with van der Waals surface area (Å²) in [5.41, 5.74) is 1.12. The molecule has 1 unspecified atom stereocenters. The van der Waals surface area contributed by atoms with Crippen LogP contribution in [-0.4, -0.2) is 18.5 Å². The van der Waals surface area contributed by atoms with E-state index in [0.717, 1.165) is 23.0 Å². The van der Waals surface area contributed by atoms with Crippen LogP contribution in [0.3, 0.4) is 0 Å². The third-order valence-electron chi connectivity index (χ3n) is 3.88.